The minimum absolute atomic E-state index is 0.193. The van der Waals surface area contributed by atoms with Crippen molar-refractivity contribution in [2.75, 3.05) is 18.1 Å². The zero-order chi connectivity index (χ0) is 16.6. The molecule has 0 radical (unpaired) electrons. The lowest BCUT2D eigenvalue weighted by atomic mass is 9.94. The van der Waals surface area contributed by atoms with Crippen LogP contribution in [-0.2, 0) is 0 Å². The van der Waals surface area contributed by atoms with Crippen LogP contribution >= 0.6 is 0 Å². The number of aromatic nitrogens is 2. The van der Waals surface area contributed by atoms with Crippen molar-refractivity contribution in [1.82, 2.24) is 9.97 Å². The molecular weight excluding hydrogens is 290 g/mol. The van der Waals surface area contributed by atoms with Gasteiger partial charge in [0.25, 0.3) is 0 Å². The minimum atomic E-state index is -0.457. The molecule has 1 amide bonds. The molecule has 0 saturated heterocycles. The maximum Gasteiger partial charge on any atom is 0.249 e. The molecule has 0 aliphatic carbocycles. The molecule has 0 fully saturated rings. The predicted molar refractivity (Wildman–Crippen MR) is 92.2 cm³/mol. The van der Waals surface area contributed by atoms with Gasteiger partial charge in [0.2, 0.25) is 11.9 Å². The van der Waals surface area contributed by atoms with E-state index in [0.717, 1.165) is 22.1 Å². The fourth-order valence-corrected chi connectivity index (χ4v) is 2.75. The SMILES string of the molecule is CNc1nc(N)nc2cc(-c3c(C)cccc3C(N)=O)ccc12. The first-order chi connectivity index (χ1) is 11.0. The van der Waals surface area contributed by atoms with Gasteiger partial charge in [-0.15, -0.1) is 0 Å². The lowest BCUT2D eigenvalue weighted by Gasteiger charge is -2.12. The van der Waals surface area contributed by atoms with Crippen molar-refractivity contribution >= 4 is 28.6 Å². The molecule has 0 spiro atoms. The number of benzene rings is 2. The Labute approximate surface area is 133 Å². The summed E-state index contributed by atoms with van der Waals surface area (Å²) in [6.07, 6.45) is 0. The maximum absolute atomic E-state index is 11.7. The summed E-state index contributed by atoms with van der Waals surface area (Å²) in [5.74, 6) is 0.403. The summed E-state index contributed by atoms with van der Waals surface area (Å²) in [7, 11) is 1.78. The summed E-state index contributed by atoms with van der Waals surface area (Å²) in [5, 5.41) is 3.87. The number of carbonyl (C=O) groups is 1. The fourth-order valence-electron chi connectivity index (χ4n) is 2.75. The van der Waals surface area contributed by atoms with Gasteiger partial charge in [-0.1, -0.05) is 18.2 Å². The number of hydrogen-bond donors (Lipinski definition) is 3. The van der Waals surface area contributed by atoms with Crippen LogP contribution in [0.1, 0.15) is 15.9 Å². The molecule has 0 aliphatic rings. The Balaban J connectivity index is 2.29. The largest absolute Gasteiger partial charge is 0.372 e. The van der Waals surface area contributed by atoms with Crippen molar-refractivity contribution in [3.63, 3.8) is 0 Å². The van der Waals surface area contributed by atoms with E-state index < -0.39 is 5.91 Å². The topological polar surface area (TPSA) is 107 Å². The quantitative estimate of drug-likeness (QED) is 0.688. The van der Waals surface area contributed by atoms with Crippen LogP contribution in [0.5, 0.6) is 0 Å². The van der Waals surface area contributed by atoms with E-state index in [1.165, 1.54) is 0 Å². The van der Waals surface area contributed by atoms with E-state index in [0.29, 0.717) is 16.9 Å². The number of aryl methyl sites for hydroxylation is 1. The molecule has 2 aromatic carbocycles. The van der Waals surface area contributed by atoms with Crippen molar-refractivity contribution in [3.8, 4) is 11.1 Å². The molecule has 0 aliphatic heterocycles. The number of rotatable bonds is 3. The molecule has 3 rings (SSSR count). The number of nitrogens with zero attached hydrogens (tertiary/aromatic N) is 2. The highest BCUT2D eigenvalue weighted by molar-refractivity contribution is 6.02. The van der Waals surface area contributed by atoms with E-state index in [1.54, 1.807) is 13.1 Å². The normalized spacial score (nSPS) is 10.7. The van der Waals surface area contributed by atoms with Gasteiger partial charge in [0, 0.05) is 18.0 Å². The third kappa shape index (κ3) is 2.55. The summed E-state index contributed by atoms with van der Waals surface area (Å²) in [6, 6.07) is 11.2. The van der Waals surface area contributed by atoms with Gasteiger partial charge >= 0.3 is 0 Å². The lowest BCUT2D eigenvalue weighted by Crippen LogP contribution is -2.13. The molecule has 5 N–H and O–H groups in total. The van der Waals surface area contributed by atoms with Crippen molar-refractivity contribution in [3.05, 3.63) is 47.5 Å². The van der Waals surface area contributed by atoms with Gasteiger partial charge < -0.3 is 16.8 Å². The number of nitrogens with one attached hydrogen (secondary N) is 1. The van der Waals surface area contributed by atoms with Gasteiger partial charge in [-0.25, -0.2) is 4.98 Å². The Morgan fingerprint density at radius 1 is 1.17 bits per heavy atom. The molecule has 1 aromatic heterocycles. The Kier molecular flexibility index (Phi) is 3.57. The Morgan fingerprint density at radius 3 is 2.65 bits per heavy atom. The zero-order valence-corrected chi connectivity index (χ0v) is 12.9. The molecular formula is C17H17N5O. The van der Waals surface area contributed by atoms with Crippen molar-refractivity contribution in [1.29, 1.82) is 0 Å². The van der Waals surface area contributed by atoms with E-state index in [2.05, 4.69) is 15.3 Å². The summed E-state index contributed by atoms with van der Waals surface area (Å²) in [5.41, 5.74) is 15.1. The van der Waals surface area contributed by atoms with Crippen LogP contribution in [-0.4, -0.2) is 22.9 Å². The molecule has 0 saturated carbocycles. The summed E-state index contributed by atoms with van der Waals surface area (Å²) in [4.78, 5) is 20.2. The van der Waals surface area contributed by atoms with E-state index in [9.17, 15) is 4.79 Å². The third-order valence-electron chi connectivity index (χ3n) is 3.78. The monoisotopic (exact) mass is 307 g/mol. The highest BCUT2D eigenvalue weighted by Crippen LogP contribution is 2.31. The molecule has 0 unspecified atom stereocenters. The minimum Gasteiger partial charge on any atom is -0.372 e. The number of nitrogens with two attached hydrogens (primary N) is 2. The van der Waals surface area contributed by atoms with Gasteiger partial charge in [0.05, 0.1) is 5.52 Å². The van der Waals surface area contributed by atoms with Gasteiger partial charge in [0.1, 0.15) is 5.82 Å². The summed E-state index contributed by atoms with van der Waals surface area (Å²) < 4.78 is 0. The van der Waals surface area contributed by atoms with Gasteiger partial charge in [-0.05, 0) is 41.8 Å². The second kappa shape index (κ2) is 5.57. The van der Waals surface area contributed by atoms with Crippen LogP contribution in [0.3, 0.4) is 0 Å². The van der Waals surface area contributed by atoms with Crippen molar-refractivity contribution in [2.24, 2.45) is 5.73 Å². The average molecular weight is 307 g/mol. The van der Waals surface area contributed by atoms with Crippen LogP contribution in [0.15, 0.2) is 36.4 Å². The second-order valence-electron chi connectivity index (χ2n) is 5.27. The molecule has 3 aromatic rings. The van der Waals surface area contributed by atoms with Gasteiger partial charge in [-0.3, -0.25) is 4.79 Å². The highest BCUT2D eigenvalue weighted by Gasteiger charge is 2.14. The number of anilines is 2. The number of carbonyl (C=O) groups excluding carboxylic acids is 1. The van der Waals surface area contributed by atoms with Crippen molar-refractivity contribution in [2.45, 2.75) is 6.92 Å². The number of hydrogen-bond acceptors (Lipinski definition) is 5. The Hall–Kier alpha value is -3.15. The molecule has 0 bridgehead atoms. The molecule has 23 heavy (non-hydrogen) atoms. The van der Waals surface area contributed by atoms with Crippen LogP contribution in [0.2, 0.25) is 0 Å². The highest BCUT2D eigenvalue weighted by atomic mass is 16.1. The first-order valence-electron chi connectivity index (χ1n) is 7.16. The molecule has 6 heteroatoms. The summed E-state index contributed by atoms with van der Waals surface area (Å²) in [6.45, 7) is 1.94. The number of fused-ring (bicyclic) bond motifs is 1. The molecule has 6 nitrogen and oxygen atoms in total. The summed E-state index contributed by atoms with van der Waals surface area (Å²) >= 11 is 0. The maximum atomic E-state index is 11.7. The zero-order valence-electron chi connectivity index (χ0n) is 12.9. The standard InChI is InChI=1S/C17H17N5O/c1-9-4-3-5-12(15(18)23)14(9)10-6-7-11-13(8-10)21-17(19)22-16(11)20-2/h3-8H,1-2H3,(H2,18,23)(H3,19,20,21,22). The van der Waals surface area contributed by atoms with Crippen LogP contribution in [0, 0.1) is 6.92 Å². The van der Waals surface area contributed by atoms with E-state index >= 15 is 0 Å². The van der Waals surface area contributed by atoms with Gasteiger partial charge in [0.15, 0.2) is 0 Å². The Bertz CT molecular complexity index is 920. The molecule has 1 heterocycles. The van der Waals surface area contributed by atoms with Crippen molar-refractivity contribution < 1.29 is 4.79 Å². The first kappa shape index (κ1) is 14.8. The van der Waals surface area contributed by atoms with Gasteiger partial charge in [-0.2, -0.15) is 4.98 Å². The Morgan fingerprint density at radius 2 is 1.96 bits per heavy atom. The van der Waals surface area contributed by atoms with Crippen LogP contribution < -0.4 is 16.8 Å². The smallest absolute Gasteiger partial charge is 0.249 e. The van der Waals surface area contributed by atoms with E-state index in [4.69, 9.17) is 11.5 Å². The average Bonchev–Trinajstić information content (AvgIpc) is 2.53. The lowest BCUT2D eigenvalue weighted by molar-refractivity contribution is 0.100. The third-order valence-corrected chi connectivity index (χ3v) is 3.78. The number of nitrogen functional groups attached to an aromatic ring is 1. The molecule has 0 atom stereocenters. The van der Waals surface area contributed by atoms with Crippen LogP contribution in [0.4, 0.5) is 11.8 Å². The predicted octanol–water partition coefficient (Wildman–Crippen LogP) is 2.33. The number of primary amides is 1. The fraction of sp³-hybridized carbons (Fsp3) is 0.118. The second-order valence-corrected chi connectivity index (χ2v) is 5.27. The first-order valence-corrected chi connectivity index (χ1v) is 7.16. The number of amides is 1. The van der Waals surface area contributed by atoms with Crippen LogP contribution in [0.25, 0.3) is 22.0 Å². The van der Waals surface area contributed by atoms with E-state index in [-0.39, 0.29) is 5.95 Å². The molecule has 116 valence electrons. The van der Waals surface area contributed by atoms with E-state index in [1.807, 2.05) is 37.3 Å².